The molecule has 0 rings (SSSR count). The number of carbonyl (C=O) groups excluding carboxylic acids is 4. The lowest BCUT2D eigenvalue weighted by atomic mass is 10.1. The Morgan fingerprint density at radius 2 is 0.559 bits per heavy atom. The van der Waals surface area contributed by atoms with Gasteiger partial charge in [-0.1, -0.05) is 274 Å². The highest BCUT2D eigenvalue weighted by atomic mass is 31.2. The molecule has 0 aromatic rings. The molecule has 0 aliphatic rings. The fourth-order valence-electron chi connectivity index (χ4n) is 9.24. The number of carbonyl (C=O) groups is 4. The van der Waals surface area contributed by atoms with Gasteiger partial charge in [0.05, 0.1) is 39.3 Å². The molecule has 0 aromatic carbocycles. The Balaban J connectivity index is 5.53. The summed E-state index contributed by atoms with van der Waals surface area (Å²) in [6.07, 6.45) is 88.0. The van der Waals surface area contributed by atoms with Crippen molar-refractivity contribution < 1.29 is 80.2 Å². The summed E-state index contributed by atoms with van der Waals surface area (Å²) in [5, 5.41) is 10.6. The summed E-state index contributed by atoms with van der Waals surface area (Å²) >= 11 is 0. The SMILES string of the molecule is CC/C=C\C/C=C\C/C=C\C/C=C\C/C=C\CC(=O)OCC(COP(=O)(O)OCC(O)COP(=O)(O)OCC(COC(=O)CCCCCCCCC/C=C\C/C=C\C/C=C\CC)OC(=O)C/C=C\C/C=C\C/C=C\C/C=C\C/C=C\CC)OC(=O)CCCCCCC/C=C\C/C=C\CCCCC. The van der Waals surface area contributed by atoms with Crippen LogP contribution >= 0.6 is 15.6 Å². The predicted molar refractivity (Wildman–Crippen MR) is 417 cm³/mol. The third-order valence-electron chi connectivity index (χ3n) is 14.9. The van der Waals surface area contributed by atoms with E-state index in [1.807, 2.05) is 30.4 Å². The first-order valence-electron chi connectivity index (χ1n) is 38.0. The van der Waals surface area contributed by atoms with E-state index in [0.717, 1.165) is 161 Å². The number of esters is 4. The molecule has 0 aromatic heterocycles. The van der Waals surface area contributed by atoms with Crippen LogP contribution in [0.4, 0.5) is 0 Å². The summed E-state index contributed by atoms with van der Waals surface area (Å²) in [6.45, 7) is 4.21. The summed E-state index contributed by atoms with van der Waals surface area (Å²) in [5.74, 6) is -2.52. The average Bonchev–Trinajstić information content (AvgIpc) is 0.926. The summed E-state index contributed by atoms with van der Waals surface area (Å²) < 4.78 is 68.2. The lowest BCUT2D eigenvalue weighted by Crippen LogP contribution is -2.30. The minimum absolute atomic E-state index is 0.0503. The number of unbranched alkanes of at least 4 members (excludes halogenated alkanes) is 15. The number of ether oxygens (including phenoxy) is 4. The van der Waals surface area contributed by atoms with Crippen molar-refractivity contribution in [3.05, 3.63) is 182 Å². The second kappa shape index (κ2) is 73.5. The van der Waals surface area contributed by atoms with Crippen LogP contribution in [0.25, 0.3) is 0 Å². The standard InChI is InChI=1S/C83H132O17P2/c1-5-9-13-17-21-25-29-33-37-38-42-44-48-52-56-60-64-68-81(86)94-74-79(100-83(88)70-66-62-58-54-50-46-41-36-32-28-24-20-16-12-8-4)76-98-102(91,92)96-72-77(84)71-95-101(89,90)97-75-78(99-82(87)69-65-61-57-53-49-45-40-35-31-27-23-19-15-11-7-3)73-93-80(85)67-63-59-55-51-47-43-39-34-30-26-22-18-14-10-6-2/h9-10,12-14,16,21-28,33-37,39-41,47,50-51,54,59,62-63,66,77-79,84H,5-8,11,15,17-20,29-32,38,42-46,48-49,52-53,55-58,60-61,64-65,67-76H2,1-4H3,(H,89,90)(H,91,92)/b13-9-,14-10-,16-12-,25-21-,26-22-,27-23-,28-24-,37-33-,39-34-,40-35-,41-36-,51-47-,54-50-,63-59-,66-62-. The van der Waals surface area contributed by atoms with Crippen LogP contribution in [0.1, 0.15) is 259 Å². The highest BCUT2D eigenvalue weighted by molar-refractivity contribution is 7.47. The number of rotatable bonds is 69. The lowest BCUT2D eigenvalue weighted by Gasteiger charge is -2.21. The number of hydrogen-bond acceptors (Lipinski definition) is 15. The molecule has 19 heteroatoms. The van der Waals surface area contributed by atoms with E-state index in [9.17, 15) is 43.2 Å². The van der Waals surface area contributed by atoms with Crippen molar-refractivity contribution in [2.24, 2.45) is 0 Å². The van der Waals surface area contributed by atoms with Crippen LogP contribution in [0.2, 0.25) is 0 Å². The Labute approximate surface area is 615 Å². The average molecular weight is 1460 g/mol. The maximum Gasteiger partial charge on any atom is 0.472 e. The molecule has 0 aliphatic heterocycles. The normalized spacial score (nSPS) is 14.9. The third kappa shape index (κ3) is 72.5. The van der Waals surface area contributed by atoms with Gasteiger partial charge in [-0.2, -0.15) is 0 Å². The largest absolute Gasteiger partial charge is 0.472 e. The van der Waals surface area contributed by atoms with Gasteiger partial charge in [-0.25, -0.2) is 9.13 Å². The second-order valence-electron chi connectivity index (χ2n) is 24.5. The Kier molecular flexibility index (Phi) is 69.3. The Morgan fingerprint density at radius 3 is 0.912 bits per heavy atom. The van der Waals surface area contributed by atoms with Crippen molar-refractivity contribution in [1.82, 2.24) is 0 Å². The van der Waals surface area contributed by atoms with Crippen LogP contribution in [-0.2, 0) is 65.4 Å². The van der Waals surface area contributed by atoms with Crippen molar-refractivity contribution in [3.63, 3.8) is 0 Å². The first kappa shape index (κ1) is 96.2. The molecule has 576 valence electrons. The van der Waals surface area contributed by atoms with Gasteiger partial charge in [-0.3, -0.25) is 37.3 Å². The Bertz CT molecular complexity index is 2650. The van der Waals surface area contributed by atoms with E-state index in [4.69, 9.17) is 37.0 Å². The van der Waals surface area contributed by atoms with Crippen LogP contribution in [0.15, 0.2) is 182 Å². The first-order chi connectivity index (χ1) is 49.7. The zero-order valence-electron chi connectivity index (χ0n) is 62.7. The summed E-state index contributed by atoms with van der Waals surface area (Å²) in [6, 6.07) is 0. The molecule has 0 aliphatic carbocycles. The van der Waals surface area contributed by atoms with Gasteiger partial charge >= 0.3 is 39.5 Å². The minimum Gasteiger partial charge on any atom is -0.462 e. The first-order valence-corrected chi connectivity index (χ1v) is 41.0. The molecule has 0 spiro atoms. The molecular formula is C83H132O17P2. The van der Waals surface area contributed by atoms with Gasteiger partial charge in [0.25, 0.3) is 0 Å². The van der Waals surface area contributed by atoms with Gasteiger partial charge in [0, 0.05) is 12.8 Å². The van der Waals surface area contributed by atoms with Gasteiger partial charge in [-0.05, 0) is 141 Å². The molecular weight excluding hydrogens is 1330 g/mol. The summed E-state index contributed by atoms with van der Waals surface area (Å²) in [4.78, 5) is 72.8. The molecule has 0 fully saturated rings. The van der Waals surface area contributed by atoms with E-state index in [-0.39, 0.29) is 25.7 Å². The van der Waals surface area contributed by atoms with Gasteiger partial charge in [0.2, 0.25) is 0 Å². The summed E-state index contributed by atoms with van der Waals surface area (Å²) in [7, 11) is -10.0. The molecule has 5 atom stereocenters. The zero-order valence-corrected chi connectivity index (χ0v) is 64.5. The zero-order chi connectivity index (χ0) is 74.6. The lowest BCUT2D eigenvalue weighted by molar-refractivity contribution is -0.160. The van der Waals surface area contributed by atoms with Crippen molar-refractivity contribution in [2.75, 3.05) is 39.6 Å². The minimum atomic E-state index is -5.02. The Hall–Kier alpha value is -5.84. The van der Waals surface area contributed by atoms with Gasteiger partial charge in [0.1, 0.15) is 19.3 Å². The molecule has 5 unspecified atom stereocenters. The molecule has 0 saturated carbocycles. The number of hydrogen-bond donors (Lipinski definition) is 3. The van der Waals surface area contributed by atoms with Crippen molar-refractivity contribution >= 4 is 39.5 Å². The smallest absolute Gasteiger partial charge is 0.462 e. The van der Waals surface area contributed by atoms with Gasteiger partial charge < -0.3 is 33.8 Å². The molecule has 0 radical (unpaired) electrons. The van der Waals surface area contributed by atoms with Crippen LogP contribution < -0.4 is 0 Å². The molecule has 17 nitrogen and oxygen atoms in total. The fourth-order valence-corrected chi connectivity index (χ4v) is 10.8. The van der Waals surface area contributed by atoms with E-state index >= 15 is 0 Å². The number of allylic oxidation sites excluding steroid dienone is 28. The van der Waals surface area contributed by atoms with Crippen LogP contribution in [0.5, 0.6) is 0 Å². The topological polar surface area (TPSA) is 237 Å². The van der Waals surface area contributed by atoms with E-state index in [1.54, 1.807) is 18.2 Å². The quantitative estimate of drug-likeness (QED) is 0.0169. The highest BCUT2D eigenvalue weighted by Gasteiger charge is 2.30. The number of aliphatic hydroxyl groups excluding tert-OH is 1. The third-order valence-corrected chi connectivity index (χ3v) is 16.8. The summed E-state index contributed by atoms with van der Waals surface area (Å²) in [5.41, 5.74) is 0. The Morgan fingerprint density at radius 1 is 0.294 bits per heavy atom. The van der Waals surface area contributed by atoms with Crippen LogP contribution in [0, 0.1) is 0 Å². The van der Waals surface area contributed by atoms with Crippen LogP contribution in [-0.4, -0.2) is 96.7 Å². The van der Waals surface area contributed by atoms with E-state index in [2.05, 4.69) is 161 Å². The fraction of sp³-hybridized carbons (Fsp3) is 0.590. The number of phosphoric ester groups is 2. The van der Waals surface area contributed by atoms with E-state index in [0.29, 0.717) is 25.7 Å². The molecule has 0 heterocycles. The molecule has 0 amide bonds. The molecule has 102 heavy (non-hydrogen) atoms. The van der Waals surface area contributed by atoms with Gasteiger partial charge in [-0.15, -0.1) is 0 Å². The van der Waals surface area contributed by atoms with E-state index in [1.165, 1.54) is 19.3 Å². The highest BCUT2D eigenvalue weighted by Crippen LogP contribution is 2.45. The maximum absolute atomic E-state index is 13.1. The van der Waals surface area contributed by atoms with Crippen molar-refractivity contribution in [3.8, 4) is 0 Å². The van der Waals surface area contributed by atoms with Crippen molar-refractivity contribution in [1.29, 1.82) is 0 Å². The number of aliphatic hydroxyl groups is 1. The van der Waals surface area contributed by atoms with Crippen LogP contribution in [0.3, 0.4) is 0 Å². The van der Waals surface area contributed by atoms with E-state index < -0.39 is 97.5 Å². The predicted octanol–water partition coefficient (Wildman–Crippen LogP) is 22.0. The van der Waals surface area contributed by atoms with Gasteiger partial charge in [0.15, 0.2) is 12.2 Å². The second-order valence-corrected chi connectivity index (χ2v) is 27.4. The molecule has 0 saturated heterocycles. The molecule has 0 bridgehead atoms. The van der Waals surface area contributed by atoms with Crippen molar-refractivity contribution in [2.45, 2.75) is 277 Å². The maximum atomic E-state index is 13.1. The monoisotopic (exact) mass is 1460 g/mol. The molecule has 3 N–H and O–H groups in total. The number of phosphoric acid groups is 2.